The highest BCUT2D eigenvalue weighted by atomic mass is 16.4. The number of rotatable bonds is 2. The first kappa shape index (κ1) is 12.0. The number of benzene rings is 1. The molecular weight excluding hydrogens is 214 g/mol. The number of aliphatic carboxylic acids is 1. The fourth-order valence-electron chi connectivity index (χ4n) is 2.54. The van der Waals surface area contributed by atoms with E-state index in [-0.39, 0.29) is 12.0 Å². The summed E-state index contributed by atoms with van der Waals surface area (Å²) in [5.41, 5.74) is 3.67. The van der Waals surface area contributed by atoms with Gasteiger partial charge in [-0.3, -0.25) is 4.79 Å². The normalized spacial score (nSPS) is 24.1. The van der Waals surface area contributed by atoms with Gasteiger partial charge in [0.15, 0.2) is 0 Å². The molecule has 1 aliphatic rings. The van der Waals surface area contributed by atoms with Gasteiger partial charge in [0.2, 0.25) is 0 Å². The molecule has 1 aromatic rings. The molecular formula is C14H19NO2. The van der Waals surface area contributed by atoms with Crippen molar-refractivity contribution in [3.8, 4) is 0 Å². The van der Waals surface area contributed by atoms with E-state index in [1.165, 1.54) is 11.1 Å². The van der Waals surface area contributed by atoms with Crippen molar-refractivity contribution in [2.75, 3.05) is 11.4 Å². The van der Waals surface area contributed by atoms with E-state index < -0.39 is 5.97 Å². The lowest BCUT2D eigenvalue weighted by Crippen LogP contribution is -2.32. The highest BCUT2D eigenvalue weighted by Crippen LogP contribution is 2.30. The molecule has 17 heavy (non-hydrogen) atoms. The van der Waals surface area contributed by atoms with E-state index in [1.807, 2.05) is 6.92 Å². The van der Waals surface area contributed by atoms with Crippen LogP contribution in [0.5, 0.6) is 0 Å². The van der Waals surface area contributed by atoms with E-state index >= 15 is 0 Å². The lowest BCUT2D eigenvalue weighted by atomic mass is 10.0. The number of nitrogens with zero attached hydrogens (tertiary/aromatic N) is 1. The molecule has 1 fully saturated rings. The number of carboxylic acid groups (broad SMARTS) is 1. The fourth-order valence-corrected chi connectivity index (χ4v) is 2.54. The third-order valence-corrected chi connectivity index (χ3v) is 3.89. The molecule has 2 atom stereocenters. The van der Waals surface area contributed by atoms with E-state index in [4.69, 9.17) is 5.11 Å². The van der Waals surface area contributed by atoms with Crippen LogP contribution in [0.15, 0.2) is 18.2 Å². The van der Waals surface area contributed by atoms with Crippen molar-refractivity contribution in [3.05, 3.63) is 29.3 Å². The number of hydrogen-bond donors (Lipinski definition) is 1. The van der Waals surface area contributed by atoms with Crippen LogP contribution in [-0.4, -0.2) is 23.7 Å². The summed E-state index contributed by atoms with van der Waals surface area (Å²) in [6, 6.07) is 6.42. The van der Waals surface area contributed by atoms with Gasteiger partial charge in [-0.25, -0.2) is 0 Å². The van der Waals surface area contributed by atoms with E-state index in [9.17, 15) is 4.79 Å². The maximum Gasteiger partial charge on any atom is 0.308 e. The minimum atomic E-state index is -0.677. The number of aryl methyl sites for hydroxylation is 2. The first-order chi connectivity index (χ1) is 8.00. The van der Waals surface area contributed by atoms with Crippen LogP contribution in [0.1, 0.15) is 24.5 Å². The van der Waals surface area contributed by atoms with Gasteiger partial charge in [0, 0.05) is 18.3 Å². The lowest BCUT2D eigenvalue weighted by molar-refractivity contribution is -0.141. The van der Waals surface area contributed by atoms with E-state index in [2.05, 4.69) is 36.9 Å². The quantitative estimate of drug-likeness (QED) is 0.853. The van der Waals surface area contributed by atoms with Crippen LogP contribution in [-0.2, 0) is 4.79 Å². The second-order valence-electron chi connectivity index (χ2n) is 4.94. The fraction of sp³-hybridized carbons (Fsp3) is 0.500. The first-order valence-electron chi connectivity index (χ1n) is 6.07. The van der Waals surface area contributed by atoms with Gasteiger partial charge in [-0.1, -0.05) is 6.07 Å². The zero-order valence-corrected chi connectivity index (χ0v) is 10.6. The monoisotopic (exact) mass is 233 g/mol. The van der Waals surface area contributed by atoms with E-state index in [0.29, 0.717) is 0 Å². The number of carboxylic acids is 1. The number of carbonyl (C=O) groups is 1. The van der Waals surface area contributed by atoms with Crippen molar-refractivity contribution in [3.63, 3.8) is 0 Å². The van der Waals surface area contributed by atoms with Crippen molar-refractivity contribution in [1.29, 1.82) is 0 Å². The van der Waals surface area contributed by atoms with Gasteiger partial charge in [-0.15, -0.1) is 0 Å². The molecule has 3 heteroatoms. The average Bonchev–Trinajstić information content (AvgIpc) is 2.64. The standard InChI is InChI=1S/C14H19NO2/c1-9-4-5-12(8-10(9)2)15-7-6-13(11(15)3)14(16)17/h4-5,8,11,13H,6-7H2,1-3H3,(H,16,17). The molecule has 0 aliphatic carbocycles. The van der Waals surface area contributed by atoms with Crippen LogP contribution in [0, 0.1) is 19.8 Å². The average molecular weight is 233 g/mol. The summed E-state index contributed by atoms with van der Waals surface area (Å²) in [6.07, 6.45) is 0.740. The maximum atomic E-state index is 11.1. The second kappa shape index (κ2) is 4.40. The van der Waals surface area contributed by atoms with Gasteiger partial charge in [0.1, 0.15) is 0 Å². The Morgan fingerprint density at radius 1 is 1.35 bits per heavy atom. The molecule has 92 valence electrons. The lowest BCUT2D eigenvalue weighted by Gasteiger charge is -2.26. The van der Waals surface area contributed by atoms with Crippen LogP contribution in [0.2, 0.25) is 0 Å². The minimum absolute atomic E-state index is 0.0783. The van der Waals surface area contributed by atoms with Gasteiger partial charge >= 0.3 is 5.97 Å². The number of hydrogen-bond acceptors (Lipinski definition) is 2. The van der Waals surface area contributed by atoms with E-state index in [0.717, 1.165) is 18.7 Å². The largest absolute Gasteiger partial charge is 0.481 e. The summed E-state index contributed by atoms with van der Waals surface area (Å²) in [5, 5.41) is 9.12. The molecule has 1 N–H and O–H groups in total. The highest BCUT2D eigenvalue weighted by Gasteiger charge is 2.35. The van der Waals surface area contributed by atoms with Gasteiger partial charge in [0.25, 0.3) is 0 Å². The molecule has 0 spiro atoms. The van der Waals surface area contributed by atoms with Crippen molar-refractivity contribution < 1.29 is 9.90 Å². The molecule has 0 saturated carbocycles. The Balaban J connectivity index is 2.24. The van der Waals surface area contributed by atoms with Crippen molar-refractivity contribution >= 4 is 11.7 Å². The Morgan fingerprint density at radius 2 is 2.06 bits per heavy atom. The predicted octanol–water partition coefficient (Wildman–Crippen LogP) is 2.60. The third kappa shape index (κ3) is 2.14. The molecule has 1 saturated heterocycles. The molecule has 3 nitrogen and oxygen atoms in total. The topological polar surface area (TPSA) is 40.5 Å². The van der Waals surface area contributed by atoms with Crippen LogP contribution < -0.4 is 4.90 Å². The zero-order valence-electron chi connectivity index (χ0n) is 10.6. The van der Waals surface area contributed by atoms with Crippen molar-refractivity contribution in [2.24, 2.45) is 5.92 Å². The summed E-state index contributed by atoms with van der Waals surface area (Å²) < 4.78 is 0. The molecule has 1 aliphatic heterocycles. The van der Waals surface area contributed by atoms with Crippen LogP contribution in [0.25, 0.3) is 0 Å². The highest BCUT2D eigenvalue weighted by molar-refractivity contribution is 5.73. The van der Waals surface area contributed by atoms with Gasteiger partial charge in [-0.2, -0.15) is 0 Å². The Bertz CT molecular complexity index is 442. The third-order valence-electron chi connectivity index (χ3n) is 3.89. The van der Waals surface area contributed by atoms with Crippen molar-refractivity contribution in [2.45, 2.75) is 33.2 Å². The molecule has 1 heterocycles. The summed E-state index contributed by atoms with van der Waals surface area (Å²) in [6.45, 7) is 7.02. The van der Waals surface area contributed by atoms with Crippen LogP contribution in [0.3, 0.4) is 0 Å². The Labute approximate surface area is 102 Å². The Hall–Kier alpha value is -1.51. The van der Waals surface area contributed by atoms with Gasteiger partial charge < -0.3 is 10.0 Å². The minimum Gasteiger partial charge on any atom is -0.481 e. The summed E-state index contributed by atoms with van der Waals surface area (Å²) >= 11 is 0. The molecule has 0 amide bonds. The Morgan fingerprint density at radius 3 is 2.59 bits per heavy atom. The summed E-state index contributed by atoms with van der Waals surface area (Å²) in [4.78, 5) is 13.3. The van der Waals surface area contributed by atoms with E-state index in [1.54, 1.807) is 0 Å². The molecule has 2 rings (SSSR count). The smallest absolute Gasteiger partial charge is 0.308 e. The van der Waals surface area contributed by atoms with Crippen molar-refractivity contribution in [1.82, 2.24) is 0 Å². The van der Waals surface area contributed by atoms with Crippen LogP contribution in [0.4, 0.5) is 5.69 Å². The molecule has 0 radical (unpaired) electrons. The summed E-state index contributed by atoms with van der Waals surface area (Å²) in [7, 11) is 0. The molecule has 0 aromatic heterocycles. The van der Waals surface area contributed by atoms with Gasteiger partial charge in [0.05, 0.1) is 5.92 Å². The molecule has 1 aromatic carbocycles. The second-order valence-corrected chi connectivity index (χ2v) is 4.94. The Kier molecular flexibility index (Phi) is 3.09. The van der Waals surface area contributed by atoms with Crippen LogP contribution >= 0.6 is 0 Å². The molecule has 2 unspecified atom stereocenters. The SMILES string of the molecule is Cc1ccc(N2CCC(C(=O)O)C2C)cc1C. The first-order valence-corrected chi connectivity index (χ1v) is 6.07. The predicted molar refractivity (Wildman–Crippen MR) is 68.5 cm³/mol. The number of anilines is 1. The van der Waals surface area contributed by atoms with Gasteiger partial charge in [-0.05, 0) is 50.5 Å². The molecule has 0 bridgehead atoms. The zero-order chi connectivity index (χ0) is 12.6. The maximum absolute atomic E-state index is 11.1. The summed E-state index contributed by atoms with van der Waals surface area (Å²) in [5.74, 6) is -0.916.